The van der Waals surface area contributed by atoms with Crippen LogP contribution in [-0.2, 0) is 0 Å². The Morgan fingerprint density at radius 3 is 2.39 bits per heavy atom. The molecule has 0 aromatic heterocycles. The Morgan fingerprint density at radius 2 is 1.78 bits per heavy atom. The summed E-state index contributed by atoms with van der Waals surface area (Å²) >= 11 is 2.09. The molecule has 1 aliphatic rings. The molecule has 114 valence electrons. The summed E-state index contributed by atoms with van der Waals surface area (Å²) in [5, 5.41) is 3.59. The lowest BCUT2D eigenvalue weighted by Gasteiger charge is -2.14. The summed E-state index contributed by atoms with van der Waals surface area (Å²) in [6.07, 6.45) is 1.06. The van der Waals surface area contributed by atoms with Gasteiger partial charge in [0.05, 0.1) is 5.41 Å². The first kappa shape index (κ1) is 15.7. The van der Waals surface area contributed by atoms with Gasteiger partial charge >= 0.3 is 0 Å². The summed E-state index contributed by atoms with van der Waals surface area (Å²) in [5.41, 5.74) is 8.79. The van der Waals surface area contributed by atoms with Crippen molar-refractivity contribution in [1.29, 1.82) is 0 Å². The van der Waals surface area contributed by atoms with Crippen LogP contribution in [0.4, 0.5) is 5.69 Å². The van der Waals surface area contributed by atoms with E-state index in [9.17, 15) is 9.59 Å². The summed E-state index contributed by atoms with van der Waals surface area (Å²) in [6.45, 7) is 0. The first-order valence-corrected chi connectivity index (χ1v) is 8.16. The van der Waals surface area contributed by atoms with E-state index in [1.54, 1.807) is 42.5 Å². The third-order valence-corrected chi connectivity index (χ3v) is 4.68. The molecular weight excluding hydrogens is 405 g/mol. The van der Waals surface area contributed by atoms with Crippen LogP contribution in [0.2, 0.25) is 0 Å². The van der Waals surface area contributed by atoms with Gasteiger partial charge < -0.3 is 0 Å². The van der Waals surface area contributed by atoms with Crippen LogP contribution in [0.3, 0.4) is 0 Å². The molecule has 0 atom stereocenters. The number of ketones is 2. The Kier molecular flexibility index (Phi) is 4.19. The second-order valence-electron chi connectivity index (χ2n) is 5.46. The van der Waals surface area contributed by atoms with Crippen molar-refractivity contribution in [2.75, 3.05) is 0 Å². The summed E-state index contributed by atoms with van der Waals surface area (Å²) in [6, 6.07) is 13.9. The van der Waals surface area contributed by atoms with Crippen LogP contribution in [0, 0.1) is 8.99 Å². The van der Waals surface area contributed by atoms with Crippen molar-refractivity contribution in [2.45, 2.75) is 12.8 Å². The highest BCUT2D eigenvalue weighted by molar-refractivity contribution is 14.1. The Balaban J connectivity index is 2.02. The SMILES string of the molecule is [N-]=[N+]=Nc1ccc(I)cc1C(=O)C1(C(=O)c2ccccc2)CC1. The molecule has 0 aliphatic heterocycles. The number of hydrogen-bond acceptors (Lipinski definition) is 3. The van der Waals surface area contributed by atoms with Crippen LogP contribution < -0.4 is 0 Å². The number of benzene rings is 2. The van der Waals surface area contributed by atoms with E-state index in [-0.39, 0.29) is 17.3 Å². The van der Waals surface area contributed by atoms with Gasteiger partial charge in [-0.25, -0.2) is 0 Å². The number of azide groups is 1. The van der Waals surface area contributed by atoms with Crippen molar-refractivity contribution in [3.63, 3.8) is 0 Å². The summed E-state index contributed by atoms with van der Waals surface area (Å²) in [7, 11) is 0. The molecule has 0 heterocycles. The van der Waals surface area contributed by atoms with Crippen molar-refractivity contribution in [3.05, 3.63) is 73.7 Å². The Hall–Kier alpha value is -2.18. The molecule has 0 amide bonds. The molecule has 0 saturated heterocycles. The molecule has 2 aromatic carbocycles. The minimum Gasteiger partial charge on any atom is -0.293 e. The number of nitrogens with zero attached hydrogens (tertiary/aromatic N) is 3. The molecule has 6 heteroatoms. The fourth-order valence-electron chi connectivity index (χ4n) is 2.63. The fourth-order valence-corrected chi connectivity index (χ4v) is 3.12. The third kappa shape index (κ3) is 2.87. The van der Waals surface area contributed by atoms with Crippen LogP contribution in [-0.4, -0.2) is 11.6 Å². The third-order valence-electron chi connectivity index (χ3n) is 4.01. The zero-order valence-electron chi connectivity index (χ0n) is 12.1. The number of hydrogen-bond donors (Lipinski definition) is 0. The fraction of sp³-hybridized carbons (Fsp3) is 0.176. The van der Waals surface area contributed by atoms with Crippen LogP contribution in [0.5, 0.6) is 0 Å². The predicted octanol–water partition coefficient (Wildman–Crippen LogP) is 5.08. The maximum Gasteiger partial charge on any atom is 0.177 e. The summed E-state index contributed by atoms with van der Waals surface area (Å²) < 4.78 is 0.853. The van der Waals surface area contributed by atoms with E-state index in [0.29, 0.717) is 24.0 Å². The van der Waals surface area contributed by atoms with Crippen molar-refractivity contribution in [3.8, 4) is 0 Å². The van der Waals surface area contributed by atoms with Crippen molar-refractivity contribution >= 4 is 39.8 Å². The van der Waals surface area contributed by atoms with Gasteiger partial charge in [-0.15, -0.1) is 0 Å². The molecular formula is C17H12IN3O2. The van der Waals surface area contributed by atoms with E-state index in [0.717, 1.165) is 3.57 Å². The normalized spacial score (nSPS) is 14.7. The number of rotatable bonds is 5. The average Bonchev–Trinajstić information content (AvgIpc) is 3.38. The monoisotopic (exact) mass is 417 g/mol. The second kappa shape index (κ2) is 6.14. The van der Waals surface area contributed by atoms with Gasteiger partial charge in [0.2, 0.25) is 0 Å². The molecule has 0 radical (unpaired) electrons. The van der Waals surface area contributed by atoms with Gasteiger partial charge in [0.25, 0.3) is 0 Å². The van der Waals surface area contributed by atoms with Crippen molar-refractivity contribution < 1.29 is 9.59 Å². The zero-order valence-corrected chi connectivity index (χ0v) is 14.2. The largest absolute Gasteiger partial charge is 0.293 e. The second-order valence-corrected chi connectivity index (χ2v) is 6.70. The van der Waals surface area contributed by atoms with Gasteiger partial charge in [0.1, 0.15) is 0 Å². The number of Topliss-reactive ketones (excluding diaryl/α,β-unsaturated/α-hetero) is 2. The number of halogens is 1. The highest BCUT2D eigenvalue weighted by atomic mass is 127. The highest BCUT2D eigenvalue weighted by Gasteiger charge is 2.56. The number of carbonyl (C=O) groups excluding carboxylic acids is 2. The van der Waals surface area contributed by atoms with Crippen LogP contribution in [0.15, 0.2) is 53.6 Å². The molecule has 0 bridgehead atoms. The smallest absolute Gasteiger partial charge is 0.177 e. The molecule has 0 spiro atoms. The van der Waals surface area contributed by atoms with Gasteiger partial charge in [-0.2, -0.15) is 0 Å². The minimum absolute atomic E-state index is 0.158. The first-order valence-electron chi connectivity index (χ1n) is 7.08. The van der Waals surface area contributed by atoms with E-state index in [4.69, 9.17) is 5.53 Å². The van der Waals surface area contributed by atoms with E-state index in [1.807, 2.05) is 6.07 Å². The molecule has 0 N–H and O–H groups in total. The van der Waals surface area contributed by atoms with Gasteiger partial charge in [0, 0.05) is 25.3 Å². The summed E-state index contributed by atoms with van der Waals surface area (Å²) in [4.78, 5) is 28.5. The standard InChI is InChI=1S/C17H12IN3O2/c18-12-6-7-14(20-21-19)13(10-12)16(23)17(8-9-17)15(22)11-4-2-1-3-5-11/h1-7,10H,8-9H2. The lowest BCUT2D eigenvalue weighted by molar-refractivity contribution is 0.0783. The number of carbonyl (C=O) groups is 2. The molecule has 2 aromatic rings. The Bertz CT molecular complexity index is 838. The predicted molar refractivity (Wildman–Crippen MR) is 94.7 cm³/mol. The van der Waals surface area contributed by atoms with Gasteiger partial charge in [-0.1, -0.05) is 41.5 Å². The van der Waals surface area contributed by atoms with Crippen molar-refractivity contribution in [1.82, 2.24) is 0 Å². The van der Waals surface area contributed by atoms with E-state index in [1.165, 1.54) is 0 Å². The molecule has 1 fully saturated rings. The molecule has 1 aliphatic carbocycles. The lowest BCUT2D eigenvalue weighted by Crippen LogP contribution is -2.26. The van der Waals surface area contributed by atoms with Gasteiger partial charge in [-0.05, 0) is 53.1 Å². The quantitative estimate of drug-likeness (QED) is 0.170. The molecule has 5 nitrogen and oxygen atoms in total. The molecule has 1 saturated carbocycles. The molecule has 0 unspecified atom stereocenters. The van der Waals surface area contributed by atoms with Crippen LogP contribution in [0.25, 0.3) is 10.4 Å². The summed E-state index contributed by atoms with van der Waals surface area (Å²) in [5.74, 6) is -0.416. The van der Waals surface area contributed by atoms with Crippen LogP contribution in [0.1, 0.15) is 33.6 Å². The van der Waals surface area contributed by atoms with Gasteiger partial charge in [-0.3, -0.25) is 9.59 Å². The van der Waals surface area contributed by atoms with E-state index in [2.05, 4.69) is 32.6 Å². The van der Waals surface area contributed by atoms with Crippen LogP contribution >= 0.6 is 22.6 Å². The average molecular weight is 417 g/mol. The topological polar surface area (TPSA) is 82.9 Å². The van der Waals surface area contributed by atoms with E-state index >= 15 is 0 Å². The van der Waals surface area contributed by atoms with Crippen molar-refractivity contribution in [2.24, 2.45) is 10.5 Å². The molecule has 3 rings (SSSR count). The Labute approximate surface area is 146 Å². The first-order chi connectivity index (χ1) is 11.1. The minimum atomic E-state index is -1.01. The maximum atomic E-state index is 13.0. The van der Waals surface area contributed by atoms with E-state index < -0.39 is 5.41 Å². The Morgan fingerprint density at radius 1 is 1.09 bits per heavy atom. The zero-order chi connectivity index (χ0) is 16.4. The molecule has 23 heavy (non-hydrogen) atoms. The lowest BCUT2D eigenvalue weighted by atomic mass is 9.86. The van der Waals surface area contributed by atoms with Gasteiger partial charge in [0.15, 0.2) is 11.6 Å². The highest BCUT2D eigenvalue weighted by Crippen LogP contribution is 2.51. The maximum absolute atomic E-state index is 13.0.